The molecule has 0 aromatic heterocycles. The lowest BCUT2D eigenvalue weighted by molar-refractivity contribution is -0.160. The predicted molar refractivity (Wildman–Crippen MR) is 90.0 cm³/mol. The highest BCUT2D eigenvalue weighted by molar-refractivity contribution is 7.47. The summed E-state index contributed by atoms with van der Waals surface area (Å²) >= 11 is 0. The average molecular weight is 347 g/mol. The third-order valence-electron chi connectivity index (χ3n) is 4.18. The summed E-state index contributed by atoms with van der Waals surface area (Å²) in [6.45, 7) is 4.69. The second kappa shape index (κ2) is 11.0. The molecule has 0 amide bonds. The van der Waals surface area contributed by atoms with Crippen molar-refractivity contribution in [1.29, 1.82) is 0 Å². The number of carbonyl (C=O) groups excluding carboxylic acids is 2. The van der Waals surface area contributed by atoms with Gasteiger partial charge in [-0.25, -0.2) is 4.79 Å². The first kappa shape index (κ1) is 20.3. The van der Waals surface area contributed by atoms with E-state index in [0.29, 0.717) is 25.7 Å². The molecule has 0 aliphatic carbocycles. The molecular weight excluding hydrogens is 317 g/mol. The standard InChI is InChI=1S/C16H30NO5P/c1-3-5-9-13(23(21)14(18)10-6-4-2)16(20)22-15(19)12-8-7-11-17-12/h12-14,17-18,23H,3-11H2,1-2H3/t12-,13?,14?/m0/s1. The number of nitrogens with one attached hydrogen (secondary N) is 1. The van der Waals surface area contributed by atoms with E-state index in [0.717, 1.165) is 32.2 Å². The molecule has 7 heteroatoms. The molecule has 0 radical (unpaired) electrons. The molecule has 1 aliphatic rings. The molecule has 23 heavy (non-hydrogen) atoms. The van der Waals surface area contributed by atoms with Crippen LogP contribution in [-0.2, 0) is 18.9 Å². The fourth-order valence-electron chi connectivity index (χ4n) is 2.68. The molecule has 134 valence electrons. The van der Waals surface area contributed by atoms with E-state index in [1.165, 1.54) is 0 Å². The smallest absolute Gasteiger partial charge is 0.330 e. The van der Waals surface area contributed by atoms with Gasteiger partial charge in [0.05, 0.1) is 0 Å². The van der Waals surface area contributed by atoms with Crippen molar-refractivity contribution in [3.63, 3.8) is 0 Å². The van der Waals surface area contributed by atoms with Crippen LogP contribution in [0.1, 0.15) is 65.2 Å². The second-order valence-electron chi connectivity index (χ2n) is 6.14. The molecule has 4 atom stereocenters. The summed E-state index contributed by atoms with van der Waals surface area (Å²) in [7, 11) is -2.56. The molecular formula is C16H30NO5P. The summed E-state index contributed by atoms with van der Waals surface area (Å²) in [5, 5.41) is 13.0. The van der Waals surface area contributed by atoms with Crippen molar-refractivity contribution in [2.24, 2.45) is 0 Å². The minimum Gasteiger partial charge on any atom is -0.391 e. The Labute approximate surface area is 139 Å². The Balaban J connectivity index is 2.64. The Hall–Kier alpha value is -0.710. The molecule has 1 heterocycles. The Bertz CT molecular complexity index is 409. The highest BCUT2D eigenvalue weighted by Crippen LogP contribution is 2.39. The van der Waals surface area contributed by atoms with E-state index >= 15 is 0 Å². The van der Waals surface area contributed by atoms with Crippen molar-refractivity contribution in [2.75, 3.05) is 6.54 Å². The van der Waals surface area contributed by atoms with Crippen LogP contribution in [0.3, 0.4) is 0 Å². The maximum Gasteiger partial charge on any atom is 0.330 e. The van der Waals surface area contributed by atoms with E-state index in [4.69, 9.17) is 4.74 Å². The van der Waals surface area contributed by atoms with Gasteiger partial charge in [-0.1, -0.05) is 39.5 Å². The van der Waals surface area contributed by atoms with E-state index in [1.807, 2.05) is 13.8 Å². The van der Waals surface area contributed by atoms with Gasteiger partial charge in [0.25, 0.3) is 0 Å². The summed E-state index contributed by atoms with van der Waals surface area (Å²) in [6, 6.07) is -0.446. The highest BCUT2D eigenvalue weighted by Gasteiger charge is 2.34. The first-order chi connectivity index (χ1) is 11.0. The molecule has 1 rings (SSSR count). The van der Waals surface area contributed by atoms with E-state index in [-0.39, 0.29) is 0 Å². The summed E-state index contributed by atoms with van der Waals surface area (Å²) in [5.41, 5.74) is -0.864. The molecule has 0 saturated carbocycles. The average Bonchev–Trinajstić information content (AvgIpc) is 3.07. The lowest BCUT2D eigenvalue weighted by Gasteiger charge is -2.19. The number of carbonyl (C=O) groups is 2. The minimum atomic E-state index is -2.56. The van der Waals surface area contributed by atoms with Crippen LogP contribution < -0.4 is 5.32 Å². The van der Waals surface area contributed by atoms with Gasteiger partial charge in [0, 0.05) is 0 Å². The molecule has 6 nitrogen and oxygen atoms in total. The fraction of sp³-hybridized carbons (Fsp3) is 0.875. The first-order valence-electron chi connectivity index (χ1n) is 8.71. The van der Waals surface area contributed by atoms with Gasteiger partial charge >= 0.3 is 11.9 Å². The van der Waals surface area contributed by atoms with E-state index in [1.54, 1.807) is 0 Å². The summed E-state index contributed by atoms with van der Waals surface area (Å²) < 4.78 is 17.4. The van der Waals surface area contributed by atoms with Crippen LogP contribution in [0.2, 0.25) is 0 Å². The van der Waals surface area contributed by atoms with Crippen molar-refractivity contribution >= 4 is 19.7 Å². The van der Waals surface area contributed by atoms with Gasteiger partial charge in [0.1, 0.15) is 25.3 Å². The lowest BCUT2D eigenvalue weighted by atomic mass is 10.2. The monoisotopic (exact) mass is 347 g/mol. The molecule has 1 aliphatic heterocycles. The normalized spacial score (nSPS) is 21.6. The topological polar surface area (TPSA) is 92.7 Å². The molecule has 0 spiro atoms. The maximum atomic E-state index is 12.5. The van der Waals surface area contributed by atoms with Crippen LogP contribution >= 0.6 is 7.80 Å². The van der Waals surface area contributed by atoms with Crippen molar-refractivity contribution < 1.29 is 24.0 Å². The van der Waals surface area contributed by atoms with E-state index in [9.17, 15) is 19.3 Å². The zero-order valence-corrected chi connectivity index (χ0v) is 15.2. The highest BCUT2D eigenvalue weighted by atomic mass is 31.1. The lowest BCUT2D eigenvalue weighted by Crippen LogP contribution is -2.36. The molecule has 0 aromatic carbocycles. The number of aliphatic hydroxyl groups excluding tert-OH is 1. The van der Waals surface area contributed by atoms with Crippen molar-refractivity contribution in [3.05, 3.63) is 0 Å². The molecule has 3 unspecified atom stereocenters. The Morgan fingerprint density at radius 2 is 1.91 bits per heavy atom. The molecule has 0 bridgehead atoms. The van der Waals surface area contributed by atoms with Gasteiger partial charge in [-0.05, 0) is 32.2 Å². The van der Waals surface area contributed by atoms with Crippen molar-refractivity contribution in [1.82, 2.24) is 5.32 Å². The number of hydrogen-bond acceptors (Lipinski definition) is 6. The number of hydrogen-bond donors (Lipinski definition) is 2. The Morgan fingerprint density at radius 1 is 1.26 bits per heavy atom. The van der Waals surface area contributed by atoms with Gasteiger partial charge in [-0.3, -0.25) is 4.79 Å². The number of rotatable bonds is 10. The molecule has 1 saturated heterocycles. The third-order valence-corrected chi connectivity index (χ3v) is 6.34. The zero-order chi connectivity index (χ0) is 17.2. The summed E-state index contributed by atoms with van der Waals surface area (Å²) in [6.07, 6.45) is 5.55. The van der Waals surface area contributed by atoms with Gasteiger partial charge < -0.3 is 19.7 Å². The van der Waals surface area contributed by atoms with Crippen LogP contribution in [0.15, 0.2) is 0 Å². The quantitative estimate of drug-likeness (QED) is 0.358. The molecule has 0 aromatic rings. The molecule has 2 N–H and O–H groups in total. The largest absolute Gasteiger partial charge is 0.391 e. The summed E-state index contributed by atoms with van der Waals surface area (Å²) in [4.78, 5) is 24.2. The minimum absolute atomic E-state index is 0.391. The van der Waals surface area contributed by atoms with Crippen LogP contribution in [0.4, 0.5) is 0 Å². The van der Waals surface area contributed by atoms with Gasteiger partial charge in [-0.15, -0.1) is 0 Å². The first-order valence-corrected chi connectivity index (χ1v) is 10.3. The van der Waals surface area contributed by atoms with Crippen LogP contribution in [0.25, 0.3) is 0 Å². The maximum absolute atomic E-state index is 12.5. The zero-order valence-electron chi connectivity index (χ0n) is 14.2. The van der Waals surface area contributed by atoms with E-state index < -0.39 is 37.3 Å². The van der Waals surface area contributed by atoms with Crippen LogP contribution in [-0.4, -0.2) is 41.1 Å². The van der Waals surface area contributed by atoms with Crippen LogP contribution in [0.5, 0.6) is 0 Å². The number of unbranched alkanes of at least 4 members (excludes halogenated alkanes) is 2. The van der Waals surface area contributed by atoms with Gasteiger partial charge in [0.15, 0.2) is 0 Å². The van der Waals surface area contributed by atoms with Gasteiger partial charge in [-0.2, -0.15) is 0 Å². The van der Waals surface area contributed by atoms with Crippen molar-refractivity contribution in [3.8, 4) is 0 Å². The fourth-order valence-corrected chi connectivity index (χ4v) is 4.42. The number of ether oxygens (including phenoxy) is 1. The number of esters is 2. The predicted octanol–water partition coefficient (Wildman–Crippen LogP) is 2.44. The third kappa shape index (κ3) is 6.74. The Morgan fingerprint density at radius 3 is 2.48 bits per heavy atom. The molecule has 1 fully saturated rings. The van der Waals surface area contributed by atoms with Crippen molar-refractivity contribution in [2.45, 2.75) is 82.8 Å². The Kier molecular flexibility index (Phi) is 9.68. The summed E-state index contributed by atoms with van der Waals surface area (Å²) in [5.74, 6) is -2.31. The second-order valence-corrected chi connectivity index (χ2v) is 8.31. The van der Waals surface area contributed by atoms with Gasteiger partial charge in [0.2, 0.25) is 0 Å². The SMILES string of the molecule is CCCCC(O)[PH](=O)C(CCCC)C(=O)OC(=O)[C@@H]1CCCN1. The van der Waals surface area contributed by atoms with Crippen LogP contribution in [0, 0.1) is 0 Å². The van der Waals surface area contributed by atoms with E-state index in [2.05, 4.69) is 5.32 Å². The number of aliphatic hydroxyl groups is 1.